The zero-order chi connectivity index (χ0) is 20.4. The third-order valence-corrected chi connectivity index (χ3v) is 5.57. The van der Waals surface area contributed by atoms with Crippen molar-refractivity contribution in [1.82, 2.24) is 5.32 Å². The lowest BCUT2D eigenvalue weighted by Gasteiger charge is -2.29. The van der Waals surface area contributed by atoms with Gasteiger partial charge in [0.15, 0.2) is 16.6 Å². The fraction of sp³-hybridized carbons (Fsp3) is 0.105. The van der Waals surface area contributed by atoms with Gasteiger partial charge < -0.3 is 9.47 Å². The van der Waals surface area contributed by atoms with Crippen molar-refractivity contribution < 1.29 is 19.1 Å². The molecule has 0 bridgehead atoms. The molecule has 0 aromatic heterocycles. The molecule has 2 aromatic rings. The molecule has 144 valence electrons. The second kappa shape index (κ2) is 8.58. The van der Waals surface area contributed by atoms with E-state index in [-0.39, 0.29) is 10.7 Å². The molecule has 9 heteroatoms. The van der Waals surface area contributed by atoms with Crippen LogP contribution in [0.3, 0.4) is 0 Å². The number of nitrogens with zero attached hydrogens (tertiary/aromatic N) is 1. The Kier molecular flexibility index (Phi) is 6.36. The standard InChI is InChI=1S/C19H14BrIN2O4S/c1-26-15-9-10(8-14(21)16(15)27-2)7-13-17(24)22-19(28)23(18(13)25)12-5-3-11(20)4-6-12/h3-9H,1-2H3,(H,22,24,28)/b13-7+. The molecule has 28 heavy (non-hydrogen) atoms. The van der Waals surface area contributed by atoms with Crippen LogP contribution in [-0.4, -0.2) is 31.1 Å². The molecule has 1 saturated heterocycles. The lowest BCUT2D eigenvalue weighted by Crippen LogP contribution is -2.54. The molecule has 3 rings (SSSR count). The van der Waals surface area contributed by atoms with Gasteiger partial charge in [-0.1, -0.05) is 15.9 Å². The van der Waals surface area contributed by atoms with Crippen LogP contribution in [0.4, 0.5) is 5.69 Å². The van der Waals surface area contributed by atoms with Crippen molar-refractivity contribution in [3.8, 4) is 11.5 Å². The molecule has 2 aromatic carbocycles. The second-order valence-electron chi connectivity index (χ2n) is 5.67. The number of anilines is 1. The summed E-state index contributed by atoms with van der Waals surface area (Å²) < 4.78 is 12.3. The fourth-order valence-corrected chi connectivity index (χ4v) is 4.06. The maximum Gasteiger partial charge on any atom is 0.270 e. The summed E-state index contributed by atoms with van der Waals surface area (Å²) in [4.78, 5) is 26.8. The predicted molar refractivity (Wildman–Crippen MR) is 123 cm³/mol. The number of halogens is 2. The van der Waals surface area contributed by atoms with Crippen LogP contribution in [0.2, 0.25) is 0 Å². The number of hydrogen-bond acceptors (Lipinski definition) is 5. The van der Waals surface area contributed by atoms with E-state index >= 15 is 0 Å². The average molecular weight is 573 g/mol. The Morgan fingerprint density at radius 2 is 1.82 bits per heavy atom. The van der Waals surface area contributed by atoms with Gasteiger partial charge in [-0.15, -0.1) is 0 Å². The van der Waals surface area contributed by atoms with E-state index in [1.165, 1.54) is 18.1 Å². The van der Waals surface area contributed by atoms with E-state index in [1.54, 1.807) is 43.5 Å². The molecule has 1 aliphatic rings. The number of ether oxygens (including phenoxy) is 2. The van der Waals surface area contributed by atoms with Gasteiger partial charge in [-0.05, 0) is 82.8 Å². The molecule has 0 spiro atoms. The molecule has 0 unspecified atom stereocenters. The largest absolute Gasteiger partial charge is 0.493 e. The van der Waals surface area contributed by atoms with Gasteiger partial charge in [-0.3, -0.25) is 19.8 Å². The highest BCUT2D eigenvalue weighted by Gasteiger charge is 2.34. The molecule has 0 aliphatic carbocycles. The van der Waals surface area contributed by atoms with Crippen LogP contribution in [0.15, 0.2) is 46.4 Å². The molecule has 0 atom stereocenters. The van der Waals surface area contributed by atoms with Gasteiger partial charge in [-0.2, -0.15) is 0 Å². The number of carbonyl (C=O) groups excluding carboxylic acids is 2. The molecular formula is C19H14BrIN2O4S. The van der Waals surface area contributed by atoms with Crippen molar-refractivity contribution >= 4 is 79.4 Å². The molecule has 0 saturated carbocycles. The molecule has 1 heterocycles. The number of methoxy groups -OCH3 is 2. The number of amides is 2. The molecular weight excluding hydrogens is 559 g/mol. The summed E-state index contributed by atoms with van der Waals surface area (Å²) in [6.07, 6.45) is 1.51. The summed E-state index contributed by atoms with van der Waals surface area (Å²) in [5, 5.41) is 2.61. The predicted octanol–water partition coefficient (Wildman–Crippen LogP) is 3.90. The van der Waals surface area contributed by atoms with Gasteiger partial charge in [0.05, 0.1) is 23.5 Å². The van der Waals surface area contributed by atoms with E-state index in [9.17, 15) is 9.59 Å². The maximum atomic E-state index is 13.0. The molecule has 2 amide bonds. The summed E-state index contributed by atoms with van der Waals surface area (Å²) in [5.41, 5.74) is 1.16. The number of rotatable bonds is 4. The minimum absolute atomic E-state index is 0.0282. The van der Waals surface area contributed by atoms with Gasteiger partial charge in [-0.25, -0.2) is 0 Å². The number of nitrogens with one attached hydrogen (secondary N) is 1. The van der Waals surface area contributed by atoms with Crippen molar-refractivity contribution in [2.45, 2.75) is 0 Å². The maximum absolute atomic E-state index is 13.0. The van der Waals surface area contributed by atoms with Crippen LogP contribution in [0.5, 0.6) is 11.5 Å². The normalized spacial score (nSPS) is 15.6. The first-order valence-electron chi connectivity index (χ1n) is 7.94. The van der Waals surface area contributed by atoms with E-state index in [0.717, 1.165) is 8.04 Å². The van der Waals surface area contributed by atoms with Crippen molar-refractivity contribution in [2.24, 2.45) is 0 Å². The number of thiocarbonyl (C=S) groups is 1. The highest BCUT2D eigenvalue weighted by atomic mass is 127. The lowest BCUT2D eigenvalue weighted by molar-refractivity contribution is -0.122. The first-order valence-corrected chi connectivity index (χ1v) is 10.2. The van der Waals surface area contributed by atoms with Gasteiger partial charge >= 0.3 is 0 Å². The Labute approximate surface area is 189 Å². The molecule has 1 N–H and O–H groups in total. The Bertz CT molecular complexity index is 1010. The van der Waals surface area contributed by atoms with Crippen molar-refractivity contribution in [3.63, 3.8) is 0 Å². The SMILES string of the molecule is COc1cc(/C=C2\C(=O)NC(=S)N(c3ccc(Br)cc3)C2=O)cc(I)c1OC. The average Bonchev–Trinajstić information content (AvgIpc) is 2.66. The minimum Gasteiger partial charge on any atom is -0.493 e. The summed E-state index contributed by atoms with van der Waals surface area (Å²) >= 11 is 10.7. The zero-order valence-electron chi connectivity index (χ0n) is 14.8. The second-order valence-corrected chi connectivity index (χ2v) is 8.14. The summed E-state index contributed by atoms with van der Waals surface area (Å²) in [6.45, 7) is 0. The summed E-state index contributed by atoms with van der Waals surface area (Å²) in [7, 11) is 3.07. The Morgan fingerprint density at radius 1 is 1.14 bits per heavy atom. The number of carbonyl (C=O) groups is 2. The van der Waals surface area contributed by atoms with Crippen molar-refractivity contribution in [3.05, 3.63) is 55.6 Å². The van der Waals surface area contributed by atoms with Gasteiger partial charge in [0.25, 0.3) is 11.8 Å². The lowest BCUT2D eigenvalue weighted by atomic mass is 10.1. The quantitative estimate of drug-likeness (QED) is 0.260. The van der Waals surface area contributed by atoms with Crippen LogP contribution < -0.4 is 19.7 Å². The fourth-order valence-electron chi connectivity index (χ4n) is 2.67. The highest BCUT2D eigenvalue weighted by molar-refractivity contribution is 14.1. The topological polar surface area (TPSA) is 67.9 Å². The molecule has 1 fully saturated rings. The summed E-state index contributed by atoms with van der Waals surface area (Å²) in [5.74, 6) is 0.0431. The Balaban J connectivity index is 2.04. The van der Waals surface area contributed by atoms with Gasteiger partial charge in [0.2, 0.25) is 0 Å². The number of hydrogen-bond donors (Lipinski definition) is 1. The van der Waals surface area contributed by atoms with Crippen molar-refractivity contribution in [1.29, 1.82) is 0 Å². The highest BCUT2D eigenvalue weighted by Crippen LogP contribution is 2.34. The van der Waals surface area contributed by atoms with Crippen LogP contribution in [-0.2, 0) is 9.59 Å². The minimum atomic E-state index is -0.548. The van der Waals surface area contributed by atoms with Gasteiger partial charge in [0, 0.05) is 4.47 Å². The summed E-state index contributed by atoms with van der Waals surface area (Å²) in [6, 6.07) is 10.6. The monoisotopic (exact) mass is 572 g/mol. The van der Waals surface area contributed by atoms with E-state index in [1.807, 2.05) is 0 Å². The van der Waals surface area contributed by atoms with E-state index < -0.39 is 11.8 Å². The molecule has 0 radical (unpaired) electrons. The van der Waals surface area contributed by atoms with Crippen molar-refractivity contribution in [2.75, 3.05) is 19.1 Å². The molecule has 6 nitrogen and oxygen atoms in total. The van der Waals surface area contributed by atoms with Crippen LogP contribution in [0.1, 0.15) is 5.56 Å². The zero-order valence-corrected chi connectivity index (χ0v) is 19.3. The third kappa shape index (κ3) is 4.06. The van der Waals surface area contributed by atoms with Crippen LogP contribution >= 0.6 is 50.7 Å². The Morgan fingerprint density at radius 3 is 2.43 bits per heavy atom. The van der Waals surface area contributed by atoms with Crippen LogP contribution in [0.25, 0.3) is 6.08 Å². The van der Waals surface area contributed by atoms with E-state index in [2.05, 4.69) is 43.8 Å². The first kappa shape index (κ1) is 20.7. The third-order valence-electron chi connectivity index (χ3n) is 3.95. The first-order chi connectivity index (χ1) is 13.3. The smallest absolute Gasteiger partial charge is 0.270 e. The van der Waals surface area contributed by atoms with Gasteiger partial charge in [0.1, 0.15) is 5.57 Å². The number of benzene rings is 2. The molecule has 1 aliphatic heterocycles. The van der Waals surface area contributed by atoms with Crippen LogP contribution in [0, 0.1) is 3.57 Å². The Hall–Kier alpha value is -1.98. The van der Waals surface area contributed by atoms with E-state index in [4.69, 9.17) is 21.7 Å². The van der Waals surface area contributed by atoms with E-state index in [0.29, 0.717) is 22.7 Å².